The molecule has 0 atom stereocenters. The van der Waals surface area contributed by atoms with Crippen molar-refractivity contribution in [1.82, 2.24) is 0 Å². The molecular weight excluding hydrogens is 155 g/mol. The summed E-state index contributed by atoms with van der Waals surface area (Å²) in [5, 5.41) is 0. The molecule has 0 saturated carbocycles. The summed E-state index contributed by atoms with van der Waals surface area (Å²) in [5.41, 5.74) is 1.79. The standard InChI is InChI=1S/C12H23B/c1-11(10-12(2,3)4)8-6-5-7-9-13/h1,5-10H2,2-4H3. The lowest BCUT2D eigenvalue weighted by Crippen LogP contribution is -2.05. The van der Waals surface area contributed by atoms with Gasteiger partial charge in [-0.1, -0.05) is 52.1 Å². The summed E-state index contributed by atoms with van der Waals surface area (Å²) in [4.78, 5) is 0. The molecule has 1 heteroatoms. The molecule has 0 fully saturated rings. The maximum Gasteiger partial charge on any atom is 0.0653 e. The Bertz CT molecular complexity index is 142. The first-order valence-electron chi connectivity index (χ1n) is 5.32. The van der Waals surface area contributed by atoms with Gasteiger partial charge in [0.05, 0.1) is 7.85 Å². The molecule has 0 nitrogen and oxygen atoms in total. The minimum atomic E-state index is 0.394. The van der Waals surface area contributed by atoms with Gasteiger partial charge in [0.2, 0.25) is 0 Å². The minimum Gasteiger partial charge on any atom is -0.0998 e. The number of hydrogen-bond donors (Lipinski definition) is 0. The molecular formula is C12H23B. The van der Waals surface area contributed by atoms with Gasteiger partial charge in [-0.15, -0.1) is 0 Å². The first kappa shape index (κ1) is 12.8. The average Bonchev–Trinajstić information content (AvgIpc) is 1.94. The molecule has 0 unspecified atom stereocenters. The van der Waals surface area contributed by atoms with Gasteiger partial charge < -0.3 is 0 Å². The molecule has 2 radical (unpaired) electrons. The molecule has 0 bridgehead atoms. The molecule has 74 valence electrons. The molecule has 0 N–H and O–H groups in total. The van der Waals surface area contributed by atoms with Crippen LogP contribution in [0.1, 0.15) is 52.9 Å². The Morgan fingerprint density at radius 1 is 1.15 bits per heavy atom. The highest BCUT2D eigenvalue weighted by atomic mass is 14.2. The zero-order chi connectivity index (χ0) is 10.3. The van der Waals surface area contributed by atoms with Crippen molar-refractivity contribution in [2.75, 3.05) is 0 Å². The maximum absolute atomic E-state index is 5.42. The van der Waals surface area contributed by atoms with Gasteiger partial charge in [-0.05, 0) is 24.7 Å². The van der Waals surface area contributed by atoms with Crippen LogP contribution >= 0.6 is 0 Å². The van der Waals surface area contributed by atoms with Crippen LogP contribution in [0.15, 0.2) is 12.2 Å². The summed E-state index contributed by atoms with van der Waals surface area (Å²) in [5.74, 6) is 0. The van der Waals surface area contributed by atoms with E-state index in [0.29, 0.717) is 5.41 Å². The molecule has 0 aliphatic carbocycles. The number of allylic oxidation sites excluding steroid dienone is 1. The van der Waals surface area contributed by atoms with Gasteiger partial charge in [-0.3, -0.25) is 0 Å². The lowest BCUT2D eigenvalue weighted by Gasteiger charge is -2.19. The quantitative estimate of drug-likeness (QED) is 0.326. The minimum absolute atomic E-state index is 0.394. The summed E-state index contributed by atoms with van der Waals surface area (Å²) in [6, 6.07) is 0. The third-order valence-corrected chi connectivity index (χ3v) is 2.01. The van der Waals surface area contributed by atoms with E-state index in [0.717, 1.165) is 19.2 Å². The topological polar surface area (TPSA) is 0 Å². The summed E-state index contributed by atoms with van der Waals surface area (Å²) in [6.07, 6.45) is 6.81. The molecule has 0 amide bonds. The van der Waals surface area contributed by atoms with E-state index in [2.05, 4.69) is 27.4 Å². The molecule has 13 heavy (non-hydrogen) atoms. The number of unbranched alkanes of at least 4 members (excludes halogenated alkanes) is 2. The second-order valence-electron chi connectivity index (χ2n) is 5.09. The molecule has 0 aromatic rings. The molecule has 0 rings (SSSR count). The monoisotopic (exact) mass is 178 g/mol. The fourth-order valence-corrected chi connectivity index (χ4v) is 1.53. The lowest BCUT2D eigenvalue weighted by atomic mass is 9.86. The van der Waals surface area contributed by atoms with Crippen molar-refractivity contribution in [2.24, 2.45) is 5.41 Å². The van der Waals surface area contributed by atoms with Crippen LogP contribution in [0.4, 0.5) is 0 Å². The van der Waals surface area contributed by atoms with Crippen molar-refractivity contribution in [3.63, 3.8) is 0 Å². The second-order valence-corrected chi connectivity index (χ2v) is 5.09. The molecule has 0 spiro atoms. The van der Waals surface area contributed by atoms with E-state index in [1.165, 1.54) is 24.8 Å². The zero-order valence-electron chi connectivity index (χ0n) is 9.53. The van der Waals surface area contributed by atoms with E-state index in [1.54, 1.807) is 0 Å². The van der Waals surface area contributed by atoms with Crippen LogP contribution < -0.4 is 0 Å². The zero-order valence-corrected chi connectivity index (χ0v) is 9.53. The third-order valence-electron chi connectivity index (χ3n) is 2.01. The SMILES string of the molecule is [B]CCCCCC(=C)CC(C)(C)C. The van der Waals surface area contributed by atoms with Gasteiger partial charge in [0.1, 0.15) is 0 Å². The Morgan fingerprint density at radius 2 is 1.77 bits per heavy atom. The van der Waals surface area contributed by atoms with Crippen LogP contribution in [0, 0.1) is 5.41 Å². The van der Waals surface area contributed by atoms with Gasteiger partial charge in [0.15, 0.2) is 0 Å². The summed E-state index contributed by atoms with van der Waals surface area (Å²) >= 11 is 0. The van der Waals surface area contributed by atoms with Crippen LogP contribution in [0.5, 0.6) is 0 Å². The van der Waals surface area contributed by atoms with E-state index >= 15 is 0 Å². The van der Waals surface area contributed by atoms with E-state index in [9.17, 15) is 0 Å². The Kier molecular flexibility index (Phi) is 6.19. The summed E-state index contributed by atoms with van der Waals surface area (Å²) < 4.78 is 0. The highest BCUT2D eigenvalue weighted by molar-refractivity contribution is 6.08. The second kappa shape index (κ2) is 6.29. The number of rotatable bonds is 6. The van der Waals surface area contributed by atoms with Crippen molar-refractivity contribution in [1.29, 1.82) is 0 Å². The fraction of sp³-hybridized carbons (Fsp3) is 0.833. The van der Waals surface area contributed by atoms with E-state index in [4.69, 9.17) is 7.85 Å². The van der Waals surface area contributed by atoms with Crippen LogP contribution in [0.2, 0.25) is 6.32 Å². The molecule has 0 heterocycles. The van der Waals surface area contributed by atoms with Crippen LogP contribution in [0.3, 0.4) is 0 Å². The van der Waals surface area contributed by atoms with Crippen molar-refractivity contribution in [3.05, 3.63) is 12.2 Å². The molecule has 0 aromatic heterocycles. The number of hydrogen-bond acceptors (Lipinski definition) is 0. The fourth-order valence-electron chi connectivity index (χ4n) is 1.53. The predicted molar refractivity (Wildman–Crippen MR) is 62.2 cm³/mol. The van der Waals surface area contributed by atoms with E-state index in [-0.39, 0.29) is 0 Å². The van der Waals surface area contributed by atoms with Crippen molar-refractivity contribution in [3.8, 4) is 0 Å². The highest BCUT2D eigenvalue weighted by Gasteiger charge is 2.11. The summed E-state index contributed by atoms with van der Waals surface area (Å²) in [6.45, 7) is 10.9. The average molecular weight is 178 g/mol. The van der Waals surface area contributed by atoms with Crippen molar-refractivity contribution < 1.29 is 0 Å². The first-order valence-corrected chi connectivity index (χ1v) is 5.32. The van der Waals surface area contributed by atoms with Crippen LogP contribution in [-0.4, -0.2) is 7.85 Å². The third kappa shape index (κ3) is 9.72. The summed E-state index contributed by atoms with van der Waals surface area (Å²) in [7, 11) is 5.42. The van der Waals surface area contributed by atoms with Gasteiger partial charge in [-0.25, -0.2) is 0 Å². The van der Waals surface area contributed by atoms with Gasteiger partial charge >= 0.3 is 0 Å². The lowest BCUT2D eigenvalue weighted by molar-refractivity contribution is 0.403. The molecule has 0 aliphatic heterocycles. The largest absolute Gasteiger partial charge is 0.0998 e. The maximum atomic E-state index is 5.42. The molecule has 0 aliphatic rings. The Hall–Kier alpha value is -0.195. The first-order chi connectivity index (χ1) is 5.95. The van der Waals surface area contributed by atoms with E-state index < -0.39 is 0 Å². The Morgan fingerprint density at radius 3 is 2.23 bits per heavy atom. The predicted octanol–water partition coefficient (Wildman–Crippen LogP) is 4.13. The van der Waals surface area contributed by atoms with Crippen molar-refractivity contribution >= 4 is 7.85 Å². The van der Waals surface area contributed by atoms with Gasteiger partial charge in [0, 0.05) is 0 Å². The molecule has 0 aromatic carbocycles. The van der Waals surface area contributed by atoms with Crippen LogP contribution in [-0.2, 0) is 0 Å². The van der Waals surface area contributed by atoms with Crippen LogP contribution in [0.25, 0.3) is 0 Å². The van der Waals surface area contributed by atoms with E-state index in [1.807, 2.05) is 0 Å². The van der Waals surface area contributed by atoms with Crippen molar-refractivity contribution in [2.45, 2.75) is 59.2 Å². The van der Waals surface area contributed by atoms with Gasteiger partial charge in [0.25, 0.3) is 0 Å². The highest BCUT2D eigenvalue weighted by Crippen LogP contribution is 2.25. The van der Waals surface area contributed by atoms with Gasteiger partial charge in [-0.2, -0.15) is 0 Å². The Balaban J connectivity index is 3.41. The Labute approximate surface area is 85.2 Å². The normalized spacial score (nSPS) is 11.6. The smallest absolute Gasteiger partial charge is 0.0653 e. The molecule has 0 saturated heterocycles.